The predicted octanol–water partition coefficient (Wildman–Crippen LogP) is 3.09. The highest BCUT2D eigenvalue weighted by Crippen LogP contribution is 2.20. The summed E-state index contributed by atoms with van der Waals surface area (Å²) in [5.41, 5.74) is 0. The van der Waals surface area contributed by atoms with E-state index in [2.05, 4.69) is 6.92 Å². The van der Waals surface area contributed by atoms with Crippen LogP contribution in [0.25, 0.3) is 0 Å². The average Bonchev–Trinajstić information content (AvgIpc) is 2.34. The first-order chi connectivity index (χ1) is 4.43. The van der Waals surface area contributed by atoms with Crippen molar-refractivity contribution in [2.24, 2.45) is 0 Å². The van der Waals surface area contributed by atoms with Crippen LogP contribution in [0.1, 0.15) is 39.0 Å². The van der Waals surface area contributed by atoms with Gasteiger partial charge in [0.25, 0.3) is 0 Å². The first-order valence-corrected chi connectivity index (χ1v) is 5.03. The lowest BCUT2D eigenvalue weighted by atomic mass is 10.1. The summed E-state index contributed by atoms with van der Waals surface area (Å²) >= 11 is 0. The molecule has 1 rings (SSSR count). The van der Waals surface area contributed by atoms with Crippen LogP contribution in [0.5, 0.6) is 0 Å². The van der Waals surface area contributed by atoms with E-state index in [1.807, 2.05) is 5.29 Å². The molecule has 0 amide bonds. The molecule has 9 heavy (non-hydrogen) atoms. The third kappa shape index (κ3) is 2.49. The zero-order valence-corrected chi connectivity index (χ0v) is 7.08. The van der Waals surface area contributed by atoms with Crippen molar-refractivity contribution < 1.29 is 0 Å². The third-order valence-corrected chi connectivity index (χ3v) is 3.21. The second-order valence-electron chi connectivity index (χ2n) is 2.66. The molecule has 0 spiro atoms. The average molecular weight is 142 g/mol. The van der Waals surface area contributed by atoms with Gasteiger partial charge in [-0.05, 0) is 37.1 Å². The summed E-state index contributed by atoms with van der Waals surface area (Å²) in [5.74, 6) is 0. The maximum absolute atomic E-state index is 2.27. The predicted molar refractivity (Wildman–Crippen MR) is 45.6 cm³/mol. The molecule has 0 aromatic heterocycles. The highest BCUT2D eigenvalue weighted by Gasteiger charge is 2.02. The molecule has 0 atom stereocenters. The van der Waals surface area contributed by atoms with Crippen LogP contribution in [-0.4, -0.2) is 11.5 Å². The highest BCUT2D eigenvalue weighted by molar-refractivity contribution is 7.41. The van der Waals surface area contributed by atoms with Crippen LogP contribution in [0.4, 0.5) is 0 Å². The van der Waals surface area contributed by atoms with Gasteiger partial charge < -0.3 is 0 Å². The van der Waals surface area contributed by atoms with Crippen molar-refractivity contribution in [3.63, 3.8) is 0 Å². The minimum absolute atomic E-state index is 1.36. The summed E-state index contributed by atoms with van der Waals surface area (Å²) < 4.78 is 0. The van der Waals surface area contributed by atoms with Crippen LogP contribution < -0.4 is 0 Å². The van der Waals surface area contributed by atoms with E-state index >= 15 is 0 Å². The van der Waals surface area contributed by atoms with E-state index in [0.717, 1.165) is 0 Å². The van der Waals surface area contributed by atoms with Crippen molar-refractivity contribution in [1.29, 1.82) is 0 Å². The summed E-state index contributed by atoms with van der Waals surface area (Å²) in [6.07, 6.45) is 8.53. The smallest absolute Gasteiger partial charge is 0.0104 e. The lowest BCUT2D eigenvalue weighted by Gasteiger charge is -1.95. The van der Waals surface area contributed by atoms with Gasteiger partial charge in [-0.1, -0.05) is 13.3 Å². The summed E-state index contributed by atoms with van der Waals surface area (Å²) in [7, 11) is 1.66. The Labute approximate surface area is 59.5 Å². The molecule has 1 aliphatic rings. The van der Waals surface area contributed by atoms with E-state index in [4.69, 9.17) is 0 Å². The normalized spacial score (nSPS) is 19.9. The number of hydrogen-bond donors (Lipinski definition) is 0. The Hall–Kier alpha value is 0.170. The summed E-state index contributed by atoms with van der Waals surface area (Å²) in [5, 5.41) is 1.82. The van der Waals surface area contributed by atoms with Crippen LogP contribution in [0.2, 0.25) is 0 Å². The zero-order valence-electron chi connectivity index (χ0n) is 6.19. The van der Waals surface area contributed by atoms with Gasteiger partial charge in [0.15, 0.2) is 0 Å². The molecule has 52 valence electrons. The molecule has 0 aromatic carbocycles. The fourth-order valence-electron chi connectivity index (χ4n) is 1.18. The van der Waals surface area contributed by atoms with Crippen molar-refractivity contribution in [1.82, 2.24) is 0 Å². The maximum Gasteiger partial charge on any atom is -0.0104 e. The van der Waals surface area contributed by atoms with E-state index in [-0.39, 0.29) is 0 Å². The number of rotatable bonds is 3. The van der Waals surface area contributed by atoms with Gasteiger partial charge in [-0.3, -0.25) is 0 Å². The van der Waals surface area contributed by atoms with E-state index in [0.29, 0.717) is 0 Å². The van der Waals surface area contributed by atoms with Crippen LogP contribution in [0, 0.1) is 0 Å². The van der Waals surface area contributed by atoms with E-state index in [9.17, 15) is 0 Å². The molecule has 0 aromatic rings. The molecule has 1 aliphatic heterocycles. The van der Waals surface area contributed by atoms with Gasteiger partial charge in [-0.15, -0.1) is 8.20 Å². The quantitative estimate of drug-likeness (QED) is 0.531. The van der Waals surface area contributed by atoms with Crippen molar-refractivity contribution >= 4 is 13.5 Å². The second kappa shape index (κ2) is 4.06. The minimum Gasteiger partial charge on any atom is -0.105 e. The Kier molecular flexibility index (Phi) is 3.28. The fraction of sp³-hybridized carbons (Fsp3) is 0.875. The Morgan fingerprint density at radius 3 is 3.00 bits per heavy atom. The Balaban J connectivity index is 2.11. The van der Waals surface area contributed by atoms with Gasteiger partial charge in [0.2, 0.25) is 0 Å². The highest BCUT2D eigenvalue weighted by atomic mass is 31.1. The first-order valence-electron chi connectivity index (χ1n) is 3.95. The van der Waals surface area contributed by atoms with Gasteiger partial charge in [-0.25, -0.2) is 0 Å². The monoisotopic (exact) mass is 142 g/mol. The Morgan fingerprint density at radius 1 is 1.56 bits per heavy atom. The van der Waals surface area contributed by atoms with Crippen molar-refractivity contribution in [3.8, 4) is 0 Å². The number of hydrogen-bond acceptors (Lipinski definition) is 0. The summed E-state index contributed by atoms with van der Waals surface area (Å²) in [6.45, 7) is 2.27. The fourth-order valence-corrected chi connectivity index (χ4v) is 2.45. The van der Waals surface area contributed by atoms with Gasteiger partial charge in [0, 0.05) is 0 Å². The standard InChI is InChI=1S/C8H15P/c1-2-3-5-8-6-4-7-9-8/h2-7H2,1H3. The second-order valence-corrected chi connectivity index (χ2v) is 4.05. The maximum atomic E-state index is 2.27. The van der Waals surface area contributed by atoms with E-state index < -0.39 is 0 Å². The molecule has 0 saturated heterocycles. The van der Waals surface area contributed by atoms with Crippen LogP contribution in [0.3, 0.4) is 0 Å². The van der Waals surface area contributed by atoms with Gasteiger partial charge in [0.05, 0.1) is 0 Å². The molecule has 0 saturated carbocycles. The summed E-state index contributed by atoms with van der Waals surface area (Å²) in [4.78, 5) is 0. The molecule has 0 radical (unpaired) electrons. The minimum atomic E-state index is 1.36. The van der Waals surface area contributed by atoms with E-state index in [1.165, 1.54) is 38.3 Å². The first kappa shape index (κ1) is 7.28. The Bertz CT molecular complexity index is 105. The van der Waals surface area contributed by atoms with Gasteiger partial charge >= 0.3 is 0 Å². The van der Waals surface area contributed by atoms with Crippen molar-refractivity contribution in [2.75, 3.05) is 6.16 Å². The largest absolute Gasteiger partial charge is 0.105 e. The number of unbranched alkanes of at least 4 members (excludes halogenated alkanes) is 1. The zero-order chi connectivity index (χ0) is 6.53. The van der Waals surface area contributed by atoms with Crippen LogP contribution >= 0.6 is 8.20 Å². The van der Waals surface area contributed by atoms with Crippen LogP contribution in [-0.2, 0) is 0 Å². The molecule has 1 heteroatoms. The topological polar surface area (TPSA) is 0 Å². The molecule has 0 aliphatic carbocycles. The van der Waals surface area contributed by atoms with Crippen molar-refractivity contribution in [3.05, 3.63) is 0 Å². The van der Waals surface area contributed by atoms with E-state index in [1.54, 1.807) is 8.20 Å². The van der Waals surface area contributed by atoms with Gasteiger partial charge in [-0.2, -0.15) is 0 Å². The molecule has 0 unspecified atom stereocenters. The van der Waals surface area contributed by atoms with Crippen molar-refractivity contribution in [2.45, 2.75) is 39.0 Å². The molecule has 0 bridgehead atoms. The molecule has 0 fully saturated rings. The Morgan fingerprint density at radius 2 is 2.44 bits per heavy atom. The molecule has 0 nitrogen and oxygen atoms in total. The summed E-state index contributed by atoms with van der Waals surface area (Å²) in [6, 6.07) is 0. The lowest BCUT2D eigenvalue weighted by Crippen LogP contribution is -1.88. The molecule has 0 N–H and O–H groups in total. The lowest BCUT2D eigenvalue weighted by molar-refractivity contribution is 0.828. The SMILES string of the molecule is CCCCC1=PCCC1. The molecule has 1 heterocycles. The van der Waals surface area contributed by atoms with Crippen LogP contribution in [0.15, 0.2) is 0 Å². The third-order valence-electron chi connectivity index (χ3n) is 1.78. The molecular weight excluding hydrogens is 127 g/mol. The molecular formula is C8H15P. The van der Waals surface area contributed by atoms with Gasteiger partial charge in [0.1, 0.15) is 0 Å².